The number of hydrogen-bond donors (Lipinski definition) is 2. The van der Waals surface area contributed by atoms with E-state index in [9.17, 15) is 22.8 Å². The first-order chi connectivity index (χ1) is 12.1. The van der Waals surface area contributed by atoms with Gasteiger partial charge in [-0.05, 0) is 30.3 Å². The lowest BCUT2D eigenvalue weighted by Gasteiger charge is -2.11. The first-order valence-corrected chi connectivity index (χ1v) is 7.78. The lowest BCUT2D eigenvalue weighted by Crippen LogP contribution is -2.32. The number of alkyl halides is 3. The number of hydrogen-bond acceptors (Lipinski definition) is 3. The van der Waals surface area contributed by atoms with Crippen LogP contribution in [-0.4, -0.2) is 24.7 Å². The average molecular weight is 407 g/mol. The van der Waals surface area contributed by atoms with Crippen molar-refractivity contribution in [3.05, 3.63) is 58.1 Å². The average Bonchev–Trinajstić information content (AvgIpc) is 2.54. The van der Waals surface area contributed by atoms with Crippen LogP contribution >= 0.6 is 23.2 Å². The molecular weight excluding hydrogens is 396 g/mol. The molecule has 10 heteroatoms. The van der Waals surface area contributed by atoms with Gasteiger partial charge in [0.05, 0.1) is 16.6 Å². The molecule has 0 unspecified atom stereocenters. The van der Waals surface area contributed by atoms with Crippen LogP contribution in [0, 0.1) is 0 Å². The van der Waals surface area contributed by atoms with E-state index in [0.29, 0.717) is 0 Å². The van der Waals surface area contributed by atoms with Gasteiger partial charge in [0.25, 0.3) is 5.91 Å². The van der Waals surface area contributed by atoms with Crippen LogP contribution in [0.1, 0.15) is 10.4 Å². The molecular formula is C16H11Cl2F3N2O3. The molecule has 0 aromatic heterocycles. The van der Waals surface area contributed by atoms with Gasteiger partial charge in [0, 0.05) is 17.3 Å². The van der Waals surface area contributed by atoms with Crippen LogP contribution in [0.15, 0.2) is 42.5 Å². The highest BCUT2D eigenvalue weighted by molar-refractivity contribution is 6.42. The van der Waals surface area contributed by atoms with E-state index in [1.54, 1.807) is 0 Å². The zero-order valence-electron chi connectivity index (χ0n) is 12.9. The molecule has 2 aromatic rings. The van der Waals surface area contributed by atoms with Crippen molar-refractivity contribution >= 4 is 40.7 Å². The number of halogens is 5. The maximum Gasteiger partial charge on any atom is 0.573 e. The monoisotopic (exact) mass is 406 g/mol. The molecule has 2 rings (SSSR count). The molecule has 0 saturated carbocycles. The van der Waals surface area contributed by atoms with Gasteiger partial charge >= 0.3 is 6.36 Å². The molecule has 138 valence electrons. The van der Waals surface area contributed by atoms with Crippen LogP contribution in [0.3, 0.4) is 0 Å². The smallest absolute Gasteiger partial charge is 0.406 e. The molecule has 5 nitrogen and oxygen atoms in total. The van der Waals surface area contributed by atoms with Crippen molar-refractivity contribution in [3.63, 3.8) is 0 Å². The summed E-state index contributed by atoms with van der Waals surface area (Å²) in [7, 11) is 0. The van der Waals surface area contributed by atoms with Crippen molar-refractivity contribution in [3.8, 4) is 5.75 Å². The normalized spacial score (nSPS) is 11.0. The number of amides is 2. The first-order valence-electron chi connectivity index (χ1n) is 7.03. The molecule has 0 aliphatic rings. The van der Waals surface area contributed by atoms with E-state index < -0.39 is 30.5 Å². The minimum absolute atomic E-state index is 0.0838. The predicted octanol–water partition coefficient (Wildman–Crippen LogP) is 4.26. The van der Waals surface area contributed by atoms with Crippen LogP contribution in [0.4, 0.5) is 18.9 Å². The van der Waals surface area contributed by atoms with Gasteiger partial charge < -0.3 is 15.4 Å². The second kappa shape index (κ2) is 8.29. The van der Waals surface area contributed by atoms with Gasteiger partial charge in [-0.2, -0.15) is 0 Å². The molecule has 2 aromatic carbocycles. The van der Waals surface area contributed by atoms with E-state index in [1.165, 1.54) is 30.3 Å². The Bertz CT molecular complexity index is 829. The molecule has 0 aliphatic heterocycles. The summed E-state index contributed by atoms with van der Waals surface area (Å²) in [4.78, 5) is 23.8. The maximum atomic E-state index is 12.2. The van der Waals surface area contributed by atoms with Crippen LogP contribution in [0.5, 0.6) is 5.75 Å². The third kappa shape index (κ3) is 6.12. The fourth-order valence-electron chi connectivity index (χ4n) is 1.88. The van der Waals surface area contributed by atoms with E-state index in [-0.39, 0.29) is 21.3 Å². The summed E-state index contributed by atoms with van der Waals surface area (Å²) in [5.41, 5.74) is 0.285. The van der Waals surface area contributed by atoms with Gasteiger partial charge in [-0.25, -0.2) is 0 Å². The Balaban J connectivity index is 1.91. The summed E-state index contributed by atoms with van der Waals surface area (Å²) in [5.74, 6) is -1.68. The molecule has 0 bridgehead atoms. The third-order valence-corrected chi connectivity index (χ3v) is 3.68. The molecule has 0 spiro atoms. The van der Waals surface area contributed by atoms with Gasteiger partial charge in [0.15, 0.2) is 0 Å². The Morgan fingerprint density at radius 3 is 2.42 bits per heavy atom. The number of carbonyl (C=O) groups is 2. The second-order valence-corrected chi connectivity index (χ2v) is 5.75. The Hall–Kier alpha value is -2.45. The Morgan fingerprint density at radius 1 is 1.04 bits per heavy atom. The van der Waals surface area contributed by atoms with E-state index in [1.807, 2.05) is 0 Å². The number of anilines is 1. The maximum absolute atomic E-state index is 12.2. The number of benzene rings is 2. The zero-order valence-corrected chi connectivity index (χ0v) is 14.4. The highest BCUT2D eigenvalue weighted by Crippen LogP contribution is 2.25. The van der Waals surface area contributed by atoms with E-state index in [2.05, 4.69) is 15.4 Å². The standard InChI is InChI=1S/C16H11Cl2F3N2O3/c17-12-5-4-9(6-13(12)18)15(25)22-8-14(24)23-10-2-1-3-11(7-10)26-16(19,20)21/h1-7H,8H2,(H,22,25)(H,23,24). The van der Waals surface area contributed by atoms with Gasteiger partial charge in [-0.15, -0.1) is 13.2 Å². The van der Waals surface area contributed by atoms with Crippen LogP contribution in [-0.2, 0) is 4.79 Å². The van der Waals surface area contributed by atoms with Crippen molar-refractivity contribution < 1.29 is 27.5 Å². The van der Waals surface area contributed by atoms with E-state index in [4.69, 9.17) is 23.2 Å². The molecule has 0 aliphatic carbocycles. The fraction of sp³-hybridized carbons (Fsp3) is 0.125. The predicted molar refractivity (Wildman–Crippen MR) is 90.5 cm³/mol. The van der Waals surface area contributed by atoms with Gasteiger partial charge in [0.1, 0.15) is 5.75 Å². The Labute approximate surface area is 156 Å². The third-order valence-electron chi connectivity index (χ3n) is 2.94. The van der Waals surface area contributed by atoms with Crippen LogP contribution < -0.4 is 15.4 Å². The van der Waals surface area contributed by atoms with Crippen molar-refractivity contribution in [1.29, 1.82) is 0 Å². The summed E-state index contributed by atoms with van der Waals surface area (Å²) in [5, 5.41) is 5.17. The number of ether oxygens (including phenoxy) is 1. The summed E-state index contributed by atoms with van der Waals surface area (Å²) >= 11 is 11.6. The van der Waals surface area contributed by atoms with Gasteiger partial charge in [0.2, 0.25) is 5.91 Å². The quantitative estimate of drug-likeness (QED) is 0.779. The molecule has 2 N–H and O–H groups in total. The van der Waals surface area contributed by atoms with Gasteiger partial charge in [-0.1, -0.05) is 29.3 Å². The largest absolute Gasteiger partial charge is 0.573 e. The lowest BCUT2D eigenvalue weighted by atomic mass is 10.2. The molecule has 0 fully saturated rings. The number of carbonyl (C=O) groups excluding carboxylic acids is 2. The second-order valence-electron chi connectivity index (χ2n) is 4.94. The molecule has 0 radical (unpaired) electrons. The summed E-state index contributed by atoms with van der Waals surface area (Å²) in [6.07, 6.45) is -4.84. The molecule has 0 saturated heterocycles. The molecule has 0 heterocycles. The minimum atomic E-state index is -4.84. The topological polar surface area (TPSA) is 67.4 Å². The van der Waals surface area contributed by atoms with Crippen molar-refractivity contribution in [2.75, 3.05) is 11.9 Å². The Kier molecular flexibility index (Phi) is 6.33. The van der Waals surface area contributed by atoms with E-state index in [0.717, 1.165) is 12.1 Å². The van der Waals surface area contributed by atoms with Crippen LogP contribution in [0.2, 0.25) is 10.0 Å². The highest BCUT2D eigenvalue weighted by atomic mass is 35.5. The SMILES string of the molecule is O=C(CNC(=O)c1ccc(Cl)c(Cl)c1)Nc1cccc(OC(F)(F)F)c1. The molecule has 26 heavy (non-hydrogen) atoms. The summed E-state index contributed by atoms with van der Waals surface area (Å²) in [6, 6.07) is 8.97. The van der Waals surface area contributed by atoms with Crippen molar-refractivity contribution in [2.45, 2.75) is 6.36 Å². The highest BCUT2D eigenvalue weighted by Gasteiger charge is 2.31. The molecule has 2 amide bonds. The lowest BCUT2D eigenvalue weighted by molar-refractivity contribution is -0.274. The Morgan fingerprint density at radius 2 is 1.77 bits per heavy atom. The fourth-order valence-corrected chi connectivity index (χ4v) is 2.17. The number of nitrogens with one attached hydrogen (secondary N) is 2. The van der Waals surface area contributed by atoms with Crippen molar-refractivity contribution in [1.82, 2.24) is 5.32 Å². The van der Waals surface area contributed by atoms with Crippen LogP contribution in [0.25, 0.3) is 0 Å². The minimum Gasteiger partial charge on any atom is -0.406 e. The summed E-state index contributed by atoms with van der Waals surface area (Å²) < 4.78 is 40.3. The molecule has 0 atom stereocenters. The number of rotatable bonds is 5. The van der Waals surface area contributed by atoms with E-state index >= 15 is 0 Å². The van der Waals surface area contributed by atoms with Gasteiger partial charge in [-0.3, -0.25) is 9.59 Å². The summed E-state index contributed by atoms with van der Waals surface area (Å²) in [6.45, 7) is -0.399. The van der Waals surface area contributed by atoms with Crippen molar-refractivity contribution in [2.24, 2.45) is 0 Å². The first kappa shape index (κ1) is 19.9. The zero-order chi connectivity index (χ0) is 19.3.